The fourth-order valence-electron chi connectivity index (χ4n) is 3.90. The average molecular weight is 489 g/mol. The smallest absolute Gasteiger partial charge is 0.322 e. The third-order valence-corrected chi connectivity index (χ3v) is 7.44. The minimum Gasteiger partial charge on any atom is -0.480 e. The number of benzene rings is 3. The predicted octanol–water partition coefficient (Wildman–Crippen LogP) is 5.44. The second-order valence-corrected chi connectivity index (χ2v) is 10.5. The number of hydrogen-bond acceptors (Lipinski definition) is 3. The molecule has 0 saturated heterocycles. The van der Waals surface area contributed by atoms with Crippen LogP contribution in [0.3, 0.4) is 0 Å². The van der Waals surface area contributed by atoms with Gasteiger partial charge in [-0.15, -0.1) is 0 Å². The number of fused-ring (bicyclic) bond motifs is 1. The summed E-state index contributed by atoms with van der Waals surface area (Å²) in [6.45, 7) is 4.30. The first-order valence-electron chi connectivity index (χ1n) is 11.4. The molecular weight excluding hydrogens is 460 g/mol. The summed E-state index contributed by atoms with van der Waals surface area (Å²) in [5.41, 5.74) is 4.76. The zero-order valence-corrected chi connectivity index (χ0v) is 20.4. The first-order chi connectivity index (χ1) is 16.7. The highest BCUT2D eigenvalue weighted by molar-refractivity contribution is 7.89. The number of aromatic nitrogens is 1. The van der Waals surface area contributed by atoms with Crippen LogP contribution in [0.15, 0.2) is 83.9 Å². The molecule has 0 bridgehead atoms. The van der Waals surface area contributed by atoms with E-state index in [0.29, 0.717) is 5.92 Å². The van der Waals surface area contributed by atoms with Crippen LogP contribution in [0.5, 0.6) is 0 Å². The molecule has 3 aromatic carbocycles. The molecule has 35 heavy (non-hydrogen) atoms. The van der Waals surface area contributed by atoms with Crippen molar-refractivity contribution in [2.75, 3.05) is 0 Å². The van der Waals surface area contributed by atoms with Crippen LogP contribution in [0.4, 0.5) is 0 Å². The maximum absolute atomic E-state index is 12.9. The van der Waals surface area contributed by atoms with Gasteiger partial charge in [0.05, 0.1) is 4.90 Å². The van der Waals surface area contributed by atoms with Crippen molar-refractivity contribution in [1.82, 2.24) is 9.71 Å². The molecule has 0 amide bonds. The summed E-state index contributed by atoms with van der Waals surface area (Å²) in [5.74, 6) is -0.763. The topological polar surface area (TPSA) is 99.3 Å². The molecule has 1 atom stereocenters. The van der Waals surface area contributed by atoms with Crippen molar-refractivity contribution in [3.8, 4) is 0 Å². The largest absolute Gasteiger partial charge is 0.480 e. The number of rotatable bonds is 9. The third kappa shape index (κ3) is 5.88. The van der Waals surface area contributed by atoms with Crippen molar-refractivity contribution < 1.29 is 18.3 Å². The van der Waals surface area contributed by atoms with Gasteiger partial charge in [-0.05, 0) is 46.4 Å². The minimum absolute atomic E-state index is 0.0149. The van der Waals surface area contributed by atoms with Crippen molar-refractivity contribution in [2.24, 2.45) is 0 Å². The second-order valence-electron chi connectivity index (χ2n) is 8.80. The van der Waals surface area contributed by atoms with E-state index in [0.717, 1.165) is 27.6 Å². The Kier molecular flexibility index (Phi) is 7.19. The summed E-state index contributed by atoms with van der Waals surface area (Å²) in [5, 5.41) is 10.5. The van der Waals surface area contributed by atoms with Gasteiger partial charge >= 0.3 is 5.97 Å². The summed E-state index contributed by atoms with van der Waals surface area (Å²) in [6, 6.07) is 20.8. The van der Waals surface area contributed by atoms with E-state index < -0.39 is 22.0 Å². The summed E-state index contributed by atoms with van der Waals surface area (Å²) in [4.78, 5) is 15.0. The van der Waals surface area contributed by atoms with E-state index in [2.05, 4.69) is 35.7 Å². The van der Waals surface area contributed by atoms with Crippen LogP contribution in [0.1, 0.15) is 42.0 Å². The molecule has 0 aliphatic heterocycles. The van der Waals surface area contributed by atoms with Gasteiger partial charge in [-0.25, -0.2) is 8.42 Å². The molecule has 0 aliphatic rings. The fraction of sp³-hybridized carbons (Fsp3) is 0.179. The Morgan fingerprint density at radius 1 is 0.943 bits per heavy atom. The van der Waals surface area contributed by atoms with Crippen molar-refractivity contribution in [2.45, 2.75) is 37.1 Å². The van der Waals surface area contributed by atoms with E-state index in [1.807, 2.05) is 48.6 Å². The molecule has 0 fully saturated rings. The number of para-hydroxylation sites is 1. The normalized spacial score (nSPS) is 13.0. The van der Waals surface area contributed by atoms with E-state index in [1.165, 1.54) is 17.7 Å². The zero-order valence-electron chi connectivity index (χ0n) is 19.6. The number of hydrogen-bond donors (Lipinski definition) is 3. The molecule has 0 aliphatic carbocycles. The highest BCUT2D eigenvalue weighted by atomic mass is 32.2. The van der Waals surface area contributed by atoms with Gasteiger partial charge in [-0.3, -0.25) is 4.79 Å². The quantitative estimate of drug-likeness (QED) is 0.273. The standard InChI is InChI=1S/C28H28N2O4S/c1-19(2)22-13-9-20(10-14-22)7-8-21-11-15-24(16-12-21)35(33,34)30-27(28(31)32)17-23-18-29-26-6-4-3-5-25(23)26/h3-16,18-19,27,29-30H,17H2,1-2H3,(H,31,32)/t27-/m1/s1. The summed E-state index contributed by atoms with van der Waals surface area (Å²) >= 11 is 0. The van der Waals surface area contributed by atoms with Gasteiger partial charge in [0, 0.05) is 23.5 Å². The molecule has 0 unspecified atom stereocenters. The Bertz CT molecular complexity index is 1450. The highest BCUT2D eigenvalue weighted by Gasteiger charge is 2.26. The predicted molar refractivity (Wildman–Crippen MR) is 140 cm³/mol. The average Bonchev–Trinajstić information content (AvgIpc) is 3.25. The number of carboxylic acid groups (broad SMARTS) is 1. The van der Waals surface area contributed by atoms with Crippen LogP contribution in [0.25, 0.3) is 23.1 Å². The molecule has 0 saturated carbocycles. The zero-order chi connectivity index (χ0) is 25.0. The number of carbonyl (C=O) groups is 1. The third-order valence-electron chi connectivity index (χ3n) is 5.96. The van der Waals surface area contributed by atoms with Crippen LogP contribution in [-0.2, 0) is 21.2 Å². The van der Waals surface area contributed by atoms with Crippen molar-refractivity contribution in [3.63, 3.8) is 0 Å². The Morgan fingerprint density at radius 2 is 1.54 bits per heavy atom. The number of aromatic amines is 1. The van der Waals surface area contributed by atoms with Gasteiger partial charge in [-0.1, -0.05) is 80.6 Å². The molecule has 6 nitrogen and oxygen atoms in total. The van der Waals surface area contributed by atoms with Crippen molar-refractivity contribution >= 4 is 39.0 Å². The number of H-pyrrole nitrogens is 1. The van der Waals surface area contributed by atoms with Gasteiger partial charge < -0.3 is 10.1 Å². The van der Waals surface area contributed by atoms with Crippen molar-refractivity contribution in [3.05, 3.63) is 101 Å². The number of nitrogens with one attached hydrogen (secondary N) is 2. The van der Waals surface area contributed by atoms with Gasteiger partial charge in [0.2, 0.25) is 10.0 Å². The summed E-state index contributed by atoms with van der Waals surface area (Å²) < 4.78 is 28.2. The van der Waals surface area contributed by atoms with Crippen LogP contribution in [0, 0.1) is 0 Å². The molecule has 0 spiro atoms. The van der Waals surface area contributed by atoms with E-state index in [9.17, 15) is 18.3 Å². The molecular formula is C28H28N2O4S. The van der Waals surface area contributed by atoms with E-state index in [4.69, 9.17) is 0 Å². The maximum Gasteiger partial charge on any atom is 0.322 e. The Labute approximate surface area is 205 Å². The van der Waals surface area contributed by atoms with Gasteiger partial charge in [0.15, 0.2) is 0 Å². The van der Waals surface area contributed by atoms with E-state index in [-0.39, 0.29) is 11.3 Å². The molecule has 7 heteroatoms. The van der Waals surface area contributed by atoms with Gasteiger partial charge in [0.1, 0.15) is 6.04 Å². The maximum atomic E-state index is 12.9. The van der Waals surface area contributed by atoms with Crippen LogP contribution in [-0.4, -0.2) is 30.5 Å². The number of sulfonamides is 1. The van der Waals surface area contributed by atoms with Crippen molar-refractivity contribution in [1.29, 1.82) is 0 Å². The second kappa shape index (κ2) is 10.3. The van der Waals surface area contributed by atoms with Crippen LogP contribution in [0.2, 0.25) is 0 Å². The Morgan fingerprint density at radius 3 is 2.14 bits per heavy atom. The fourth-order valence-corrected chi connectivity index (χ4v) is 5.09. The number of aliphatic carboxylic acids is 1. The molecule has 4 aromatic rings. The van der Waals surface area contributed by atoms with Crippen LogP contribution >= 0.6 is 0 Å². The molecule has 3 N–H and O–H groups in total. The monoisotopic (exact) mass is 488 g/mol. The van der Waals surface area contributed by atoms with Gasteiger partial charge in [0.25, 0.3) is 0 Å². The molecule has 1 heterocycles. The number of carboxylic acids is 1. The van der Waals surface area contributed by atoms with E-state index >= 15 is 0 Å². The lowest BCUT2D eigenvalue weighted by molar-refractivity contribution is -0.138. The van der Waals surface area contributed by atoms with E-state index in [1.54, 1.807) is 18.3 Å². The lowest BCUT2D eigenvalue weighted by Crippen LogP contribution is -2.42. The van der Waals surface area contributed by atoms with Crippen LogP contribution < -0.4 is 4.72 Å². The Balaban J connectivity index is 1.46. The molecule has 180 valence electrons. The highest BCUT2D eigenvalue weighted by Crippen LogP contribution is 2.21. The summed E-state index contributed by atoms with van der Waals surface area (Å²) in [7, 11) is -4.02. The lowest BCUT2D eigenvalue weighted by Gasteiger charge is -2.15. The molecule has 1 aromatic heterocycles. The first-order valence-corrected chi connectivity index (χ1v) is 12.9. The minimum atomic E-state index is -4.02. The SMILES string of the molecule is CC(C)c1ccc(C=Cc2ccc(S(=O)(=O)N[C@H](Cc3c[nH]c4ccccc34)C(=O)O)cc2)cc1. The molecule has 4 rings (SSSR count). The Hall–Kier alpha value is -3.68. The molecule has 0 radical (unpaired) electrons. The first kappa shape index (κ1) is 24.4. The summed E-state index contributed by atoms with van der Waals surface area (Å²) in [6.07, 6.45) is 5.61. The van der Waals surface area contributed by atoms with Gasteiger partial charge in [-0.2, -0.15) is 4.72 Å². The lowest BCUT2D eigenvalue weighted by atomic mass is 10.0.